The van der Waals surface area contributed by atoms with Crippen LogP contribution < -0.4 is 5.32 Å². The predicted octanol–water partition coefficient (Wildman–Crippen LogP) is 0.629. The molecule has 2 heterocycles. The Hall–Kier alpha value is -2.11. The number of carbonyl (C=O) groups is 1. The number of hydrogen-bond acceptors (Lipinski definition) is 4. The molecule has 0 radical (unpaired) electrons. The Balaban J connectivity index is 1.90. The van der Waals surface area contributed by atoms with Gasteiger partial charge in [0.2, 0.25) is 0 Å². The number of aromatic nitrogens is 3. The molecule has 1 N–H and O–H groups in total. The fourth-order valence-corrected chi connectivity index (χ4v) is 0.965. The second kappa shape index (κ2) is 3.73. The summed E-state index contributed by atoms with van der Waals surface area (Å²) in [7, 11) is 0. The Morgan fingerprint density at radius 1 is 1.64 bits per heavy atom. The largest absolute Gasteiger partial charge is 0.364 e. The lowest BCUT2D eigenvalue weighted by molar-refractivity contribution is 0.241. The third-order valence-electron chi connectivity index (χ3n) is 1.65. The topological polar surface area (TPSA) is 73.0 Å². The van der Waals surface area contributed by atoms with Crippen LogP contribution in [0.3, 0.4) is 0 Å². The Bertz CT molecular complexity index is 393. The molecule has 0 spiro atoms. The highest BCUT2D eigenvalue weighted by atomic mass is 16.5. The fourth-order valence-electron chi connectivity index (χ4n) is 0.965. The maximum Gasteiger partial charge on any atom is 0.327 e. The lowest BCUT2D eigenvalue weighted by Gasteiger charge is -2.01. The minimum absolute atomic E-state index is 0.245. The zero-order chi connectivity index (χ0) is 9.80. The minimum Gasteiger partial charge on any atom is -0.364 e. The van der Waals surface area contributed by atoms with Crippen LogP contribution in [0.5, 0.6) is 0 Å². The van der Waals surface area contributed by atoms with Crippen molar-refractivity contribution in [1.82, 2.24) is 20.0 Å². The van der Waals surface area contributed by atoms with E-state index in [1.165, 1.54) is 23.4 Å². The number of carbonyl (C=O) groups excluding carboxylic acids is 1. The van der Waals surface area contributed by atoms with Crippen molar-refractivity contribution in [3.8, 4) is 0 Å². The van der Waals surface area contributed by atoms with Crippen LogP contribution in [0.25, 0.3) is 0 Å². The van der Waals surface area contributed by atoms with Crippen LogP contribution in [0, 0.1) is 0 Å². The standard InChI is InChI=1S/C8H8N4O2/c13-8(12-3-2-9-6-12)10-5-7-1-4-14-11-7/h1-4,6H,5H2,(H,10,13). The molecule has 0 saturated heterocycles. The molecule has 6 nitrogen and oxygen atoms in total. The second-order valence-electron chi connectivity index (χ2n) is 2.62. The van der Waals surface area contributed by atoms with Gasteiger partial charge in [0.1, 0.15) is 18.3 Å². The first-order valence-corrected chi connectivity index (χ1v) is 4.01. The van der Waals surface area contributed by atoms with Gasteiger partial charge in [-0.3, -0.25) is 4.57 Å². The van der Waals surface area contributed by atoms with E-state index in [1.54, 1.807) is 12.3 Å². The van der Waals surface area contributed by atoms with E-state index in [1.807, 2.05) is 0 Å². The zero-order valence-corrected chi connectivity index (χ0v) is 7.25. The number of hydrogen-bond donors (Lipinski definition) is 1. The van der Waals surface area contributed by atoms with Gasteiger partial charge in [0, 0.05) is 18.5 Å². The molecule has 0 unspecified atom stereocenters. The van der Waals surface area contributed by atoms with Gasteiger partial charge in [-0.1, -0.05) is 5.16 Å². The molecule has 0 aliphatic heterocycles. The first-order chi connectivity index (χ1) is 6.86. The SMILES string of the molecule is O=C(NCc1ccon1)n1ccnc1. The van der Waals surface area contributed by atoms with Gasteiger partial charge in [-0.2, -0.15) is 0 Å². The molecule has 6 heteroatoms. The van der Waals surface area contributed by atoms with Gasteiger partial charge in [0.15, 0.2) is 0 Å². The summed E-state index contributed by atoms with van der Waals surface area (Å²) in [6.07, 6.45) is 5.99. The Morgan fingerprint density at radius 2 is 2.57 bits per heavy atom. The summed E-state index contributed by atoms with van der Waals surface area (Å²) >= 11 is 0. The summed E-state index contributed by atoms with van der Waals surface area (Å²) in [5.74, 6) is 0. The predicted molar refractivity (Wildman–Crippen MR) is 46.4 cm³/mol. The van der Waals surface area contributed by atoms with Gasteiger partial charge in [-0.25, -0.2) is 9.78 Å². The summed E-state index contributed by atoms with van der Waals surface area (Å²) in [6, 6.07) is 1.44. The van der Waals surface area contributed by atoms with Gasteiger partial charge in [0.05, 0.1) is 6.54 Å². The van der Waals surface area contributed by atoms with Crippen LogP contribution >= 0.6 is 0 Å². The van der Waals surface area contributed by atoms with Crippen molar-refractivity contribution in [2.75, 3.05) is 0 Å². The van der Waals surface area contributed by atoms with Gasteiger partial charge < -0.3 is 9.84 Å². The number of rotatable bonds is 2. The molecular formula is C8H8N4O2. The van der Waals surface area contributed by atoms with Crippen molar-refractivity contribution in [2.24, 2.45) is 0 Å². The summed E-state index contributed by atoms with van der Waals surface area (Å²) in [4.78, 5) is 15.1. The summed E-state index contributed by atoms with van der Waals surface area (Å²) in [6.45, 7) is 0.341. The van der Waals surface area contributed by atoms with Crippen molar-refractivity contribution in [3.05, 3.63) is 36.7 Å². The van der Waals surface area contributed by atoms with E-state index in [4.69, 9.17) is 0 Å². The molecule has 72 valence electrons. The second-order valence-corrected chi connectivity index (χ2v) is 2.62. The molecule has 0 aliphatic carbocycles. The van der Waals surface area contributed by atoms with Crippen LogP contribution in [0.1, 0.15) is 5.69 Å². The van der Waals surface area contributed by atoms with Gasteiger partial charge in [-0.15, -0.1) is 0 Å². The van der Waals surface area contributed by atoms with E-state index >= 15 is 0 Å². The molecule has 0 fully saturated rings. The summed E-state index contributed by atoms with van der Waals surface area (Å²) in [5, 5.41) is 6.30. The molecule has 0 bridgehead atoms. The van der Waals surface area contributed by atoms with E-state index in [9.17, 15) is 4.79 Å². The Morgan fingerprint density at radius 3 is 3.21 bits per heavy atom. The zero-order valence-electron chi connectivity index (χ0n) is 7.25. The first kappa shape index (κ1) is 8.49. The molecule has 1 amide bonds. The Labute approximate surface area is 79.5 Å². The number of amides is 1. The number of nitrogens with zero attached hydrogens (tertiary/aromatic N) is 3. The smallest absolute Gasteiger partial charge is 0.327 e. The number of nitrogens with one attached hydrogen (secondary N) is 1. The van der Waals surface area contributed by atoms with Gasteiger partial charge >= 0.3 is 6.03 Å². The van der Waals surface area contributed by atoms with Crippen LogP contribution in [-0.4, -0.2) is 20.7 Å². The van der Waals surface area contributed by atoms with E-state index in [0.717, 1.165) is 0 Å². The first-order valence-electron chi connectivity index (χ1n) is 4.01. The fraction of sp³-hybridized carbons (Fsp3) is 0.125. The van der Waals surface area contributed by atoms with Gasteiger partial charge in [-0.05, 0) is 0 Å². The molecule has 2 aromatic heterocycles. The van der Waals surface area contributed by atoms with Crippen LogP contribution in [0.2, 0.25) is 0 Å². The maximum atomic E-state index is 11.4. The molecular weight excluding hydrogens is 184 g/mol. The normalized spacial score (nSPS) is 10.0. The molecule has 0 aromatic carbocycles. The van der Waals surface area contributed by atoms with Crippen LogP contribution in [0.4, 0.5) is 4.79 Å². The van der Waals surface area contributed by atoms with E-state index in [-0.39, 0.29) is 6.03 Å². The number of imidazole rings is 1. The average molecular weight is 192 g/mol. The quantitative estimate of drug-likeness (QED) is 0.757. The monoisotopic (exact) mass is 192 g/mol. The van der Waals surface area contributed by atoms with Crippen molar-refractivity contribution in [1.29, 1.82) is 0 Å². The molecule has 2 aromatic rings. The van der Waals surface area contributed by atoms with Crippen molar-refractivity contribution < 1.29 is 9.32 Å². The lowest BCUT2D eigenvalue weighted by Crippen LogP contribution is -2.27. The summed E-state index contributed by atoms with van der Waals surface area (Å²) in [5.41, 5.74) is 0.679. The average Bonchev–Trinajstić information content (AvgIpc) is 2.87. The summed E-state index contributed by atoms with van der Waals surface area (Å²) < 4.78 is 5.96. The van der Waals surface area contributed by atoms with E-state index in [0.29, 0.717) is 12.2 Å². The van der Waals surface area contributed by atoms with E-state index < -0.39 is 0 Å². The molecule has 2 rings (SSSR count). The highest BCUT2D eigenvalue weighted by Crippen LogP contribution is 1.93. The molecule has 14 heavy (non-hydrogen) atoms. The highest BCUT2D eigenvalue weighted by molar-refractivity contribution is 5.76. The van der Waals surface area contributed by atoms with Crippen molar-refractivity contribution >= 4 is 6.03 Å². The van der Waals surface area contributed by atoms with Crippen molar-refractivity contribution in [2.45, 2.75) is 6.54 Å². The lowest BCUT2D eigenvalue weighted by atomic mass is 10.4. The van der Waals surface area contributed by atoms with E-state index in [2.05, 4.69) is 20.0 Å². The van der Waals surface area contributed by atoms with Crippen LogP contribution in [-0.2, 0) is 6.54 Å². The maximum absolute atomic E-state index is 11.4. The highest BCUT2D eigenvalue weighted by Gasteiger charge is 2.03. The Kier molecular flexibility index (Phi) is 2.26. The minimum atomic E-state index is -0.245. The van der Waals surface area contributed by atoms with Gasteiger partial charge in [0.25, 0.3) is 0 Å². The molecule has 0 atom stereocenters. The van der Waals surface area contributed by atoms with Crippen molar-refractivity contribution in [3.63, 3.8) is 0 Å². The third-order valence-corrected chi connectivity index (χ3v) is 1.65. The molecule has 0 saturated carbocycles. The van der Waals surface area contributed by atoms with Crippen LogP contribution in [0.15, 0.2) is 35.6 Å². The molecule has 0 aliphatic rings. The third kappa shape index (κ3) is 1.79.